The highest BCUT2D eigenvalue weighted by Crippen LogP contribution is 2.22. The van der Waals surface area contributed by atoms with Crippen LogP contribution in [0.5, 0.6) is 0 Å². The van der Waals surface area contributed by atoms with Crippen LogP contribution < -0.4 is 5.32 Å². The van der Waals surface area contributed by atoms with Crippen LogP contribution in [0.4, 0.5) is 0 Å². The van der Waals surface area contributed by atoms with Crippen LogP contribution in [0, 0.1) is 0 Å². The molecular weight excluding hydrogens is 284 g/mol. The first kappa shape index (κ1) is 14.9. The van der Waals surface area contributed by atoms with E-state index in [0.717, 1.165) is 25.7 Å². The fourth-order valence-electron chi connectivity index (χ4n) is 2.34. The number of rotatable bonds is 6. The summed E-state index contributed by atoms with van der Waals surface area (Å²) in [4.78, 5) is 15.2. The van der Waals surface area contributed by atoms with Gasteiger partial charge in [-0.2, -0.15) is 0 Å². The second-order valence-electron chi connectivity index (χ2n) is 5.58. The van der Waals surface area contributed by atoms with Crippen LogP contribution in [0.2, 0.25) is 0 Å². The third-order valence-corrected chi connectivity index (χ3v) is 4.78. The Morgan fingerprint density at radius 2 is 2.14 bits per heavy atom. The van der Waals surface area contributed by atoms with Crippen LogP contribution in [0.1, 0.15) is 18.4 Å². The summed E-state index contributed by atoms with van der Waals surface area (Å²) in [6.07, 6.45) is 2.62. The van der Waals surface area contributed by atoms with E-state index in [1.807, 2.05) is 4.90 Å². The molecule has 1 aromatic carbocycles. The summed E-state index contributed by atoms with van der Waals surface area (Å²) in [5, 5.41) is 3.52. The predicted octanol–water partition coefficient (Wildman–Crippen LogP) is 1.89. The van der Waals surface area contributed by atoms with Gasteiger partial charge in [-0.3, -0.25) is 4.79 Å². The Morgan fingerprint density at radius 1 is 1.33 bits per heavy atom. The minimum absolute atomic E-state index is 0.213. The van der Waals surface area contributed by atoms with Crippen molar-refractivity contribution in [1.82, 2.24) is 10.2 Å². The highest BCUT2D eigenvalue weighted by atomic mass is 32.2. The lowest BCUT2D eigenvalue weighted by molar-refractivity contribution is -0.132. The number of carbonyl (C=O) groups is 1. The van der Waals surface area contributed by atoms with Crippen LogP contribution in [0.3, 0.4) is 0 Å². The van der Waals surface area contributed by atoms with Gasteiger partial charge in [-0.1, -0.05) is 12.1 Å². The van der Waals surface area contributed by atoms with Gasteiger partial charge in [-0.05, 0) is 30.5 Å². The maximum Gasteiger partial charge on any atom is 0.233 e. The standard InChI is InChI=1S/C16H22N2O2S/c19-16(18-6-8-20-9-7-18)12-21-15-3-1-2-13(10-15)11-17-14-4-5-14/h1-3,10,14,17H,4-9,11-12H2. The topological polar surface area (TPSA) is 41.6 Å². The largest absolute Gasteiger partial charge is 0.378 e. The van der Waals surface area contributed by atoms with Crippen molar-refractivity contribution < 1.29 is 9.53 Å². The number of hydrogen-bond acceptors (Lipinski definition) is 4. The lowest BCUT2D eigenvalue weighted by atomic mass is 10.2. The molecule has 2 fully saturated rings. The Labute approximate surface area is 130 Å². The van der Waals surface area contributed by atoms with Crippen molar-refractivity contribution in [1.29, 1.82) is 0 Å². The molecule has 0 unspecified atom stereocenters. The molecule has 0 radical (unpaired) electrons. The normalized spacial score (nSPS) is 18.8. The van der Waals surface area contributed by atoms with Crippen molar-refractivity contribution in [3.05, 3.63) is 29.8 Å². The predicted molar refractivity (Wildman–Crippen MR) is 84.4 cm³/mol. The van der Waals surface area contributed by atoms with Gasteiger partial charge in [0.2, 0.25) is 5.91 Å². The number of amides is 1. The second-order valence-corrected chi connectivity index (χ2v) is 6.63. The summed E-state index contributed by atoms with van der Waals surface area (Å²) in [7, 11) is 0. The lowest BCUT2D eigenvalue weighted by Crippen LogP contribution is -2.41. The van der Waals surface area contributed by atoms with E-state index in [4.69, 9.17) is 4.74 Å². The van der Waals surface area contributed by atoms with E-state index in [1.54, 1.807) is 11.8 Å². The lowest BCUT2D eigenvalue weighted by Gasteiger charge is -2.26. The molecule has 5 heteroatoms. The highest BCUT2D eigenvalue weighted by Gasteiger charge is 2.20. The first-order chi connectivity index (χ1) is 10.3. The summed E-state index contributed by atoms with van der Waals surface area (Å²) >= 11 is 1.63. The first-order valence-corrected chi connectivity index (χ1v) is 8.60. The Bertz CT molecular complexity index is 485. The summed E-state index contributed by atoms with van der Waals surface area (Å²) < 4.78 is 5.27. The highest BCUT2D eigenvalue weighted by molar-refractivity contribution is 8.00. The van der Waals surface area contributed by atoms with Crippen LogP contribution in [0.25, 0.3) is 0 Å². The number of nitrogens with one attached hydrogen (secondary N) is 1. The van der Waals surface area contributed by atoms with Gasteiger partial charge in [0.15, 0.2) is 0 Å². The van der Waals surface area contributed by atoms with Gasteiger partial charge in [-0.25, -0.2) is 0 Å². The van der Waals surface area contributed by atoms with Gasteiger partial charge >= 0.3 is 0 Å². The van der Waals surface area contributed by atoms with Crippen LogP contribution >= 0.6 is 11.8 Å². The Hall–Kier alpha value is -1.04. The third-order valence-electron chi connectivity index (χ3n) is 3.80. The summed E-state index contributed by atoms with van der Waals surface area (Å²) in [6, 6.07) is 9.21. The molecule has 1 aliphatic heterocycles. The molecule has 1 aromatic rings. The Balaban J connectivity index is 1.47. The molecule has 1 saturated heterocycles. The van der Waals surface area contributed by atoms with Gasteiger partial charge in [0.05, 0.1) is 19.0 Å². The molecule has 21 heavy (non-hydrogen) atoms. The molecule has 3 rings (SSSR count). The minimum Gasteiger partial charge on any atom is -0.378 e. The van der Waals surface area contributed by atoms with E-state index in [2.05, 4.69) is 29.6 Å². The molecule has 1 heterocycles. The zero-order chi connectivity index (χ0) is 14.5. The van der Waals surface area contributed by atoms with Crippen LogP contribution in [0.15, 0.2) is 29.2 Å². The Morgan fingerprint density at radius 3 is 2.90 bits per heavy atom. The summed E-state index contributed by atoms with van der Waals surface area (Å²) in [5.41, 5.74) is 1.30. The van der Waals surface area contributed by atoms with Crippen molar-refractivity contribution >= 4 is 17.7 Å². The summed E-state index contributed by atoms with van der Waals surface area (Å²) in [5.74, 6) is 0.726. The van der Waals surface area contributed by atoms with Crippen molar-refractivity contribution in [3.63, 3.8) is 0 Å². The molecule has 114 valence electrons. The monoisotopic (exact) mass is 306 g/mol. The van der Waals surface area contributed by atoms with E-state index < -0.39 is 0 Å². The molecule has 0 bridgehead atoms. The average Bonchev–Trinajstić information content (AvgIpc) is 3.36. The third kappa shape index (κ3) is 4.73. The Kier molecular flexibility index (Phi) is 5.17. The molecule has 1 saturated carbocycles. The van der Waals surface area contributed by atoms with Crippen molar-refractivity contribution in [3.8, 4) is 0 Å². The fraction of sp³-hybridized carbons (Fsp3) is 0.562. The molecular formula is C16H22N2O2S. The van der Waals surface area contributed by atoms with E-state index in [0.29, 0.717) is 19.0 Å². The number of carbonyl (C=O) groups excluding carboxylic acids is 1. The number of hydrogen-bond donors (Lipinski definition) is 1. The molecule has 4 nitrogen and oxygen atoms in total. The van der Waals surface area contributed by atoms with E-state index in [9.17, 15) is 4.79 Å². The molecule has 0 spiro atoms. The minimum atomic E-state index is 0.213. The molecule has 0 atom stereocenters. The SMILES string of the molecule is O=C(CSc1cccc(CNC2CC2)c1)N1CCOCC1. The van der Waals surface area contributed by atoms with E-state index in [-0.39, 0.29) is 5.91 Å². The second kappa shape index (κ2) is 7.29. The van der Waals surface area contributed by atoms with E-state index in [1.165, 1.54) is 23.3 Å². The van der Waals surface area contributed by atoms with Gasteiger partial charge in [0, 0.05) is 30.6 Å². The molecule has 1 aliphatic carbocycles. The van der Waals surface area contributed by atoms with Gasteiger partial charge in [0.25, 0.3) is 0 Å². The van der Waals surface area contributed by atoms with Crippen molar-refractivity contribution in [2.75, 3.05) is 32.1 Å². The number of nitrogens with zero attached hydrogens (tertiary/aromatic N) is 1. The number of ether oxygens (including phenoxy) is 1. The maximum absolute atomic E-state index is 12.1. The van der Waals surface area contributed by atoms with Gasteiger partial charge < -0.3 is 15.0 Å². The number of morpholine rings is 1. The average molecular weight is 306 g/mol. The quantitative estimate of drug-likeness (QED) is 0.815. The van der Waals surface area contributed by atoms with Gasteiger partial charge in [-0.15, -0.1) is 11.8 Å². The maximum atomic E-state index is 12.1. The number of benzene rings is 1. The van der Waals surface area contributed by atoms with Crippen molar-refractivity contribution in [2.24, 2.45) is 0 Å². The van der Waals surface area contributed by atoms with Gasteiger partial charge in [0.1, 0.15) is 0 Å². The van der Waals surface area contributed by atoms with Crippen LogP contribution in [-0.2, 0) is 16.1 Å². The first-order valence-electron chi connectivity index (χ1n) is 7.62. The zero-order valence-electron chi connectivity index (χ0n) is 12.2. The molecule has 1 N–H and O–H groups in total. The number of thioether (sulfide) groups is 1. The molecule has 2 aliphatic rings. The molecule has 1 amide bonds. The summed E-state index contributed by atoms with van der Waals surface area (Å²) in [6.45, 7) is 3.71. The fourth-order valence-corrected chi connectivity index (χ4v) is 3.23. The van der Waals surface area contributed by atoms with E-state index >= 15 is 0 Å². The smallest absolute Gasteiger partial charge is 0.233 e. The van der Waals surface area contributed by atoms with Crippen LogP contribution in [-0.4, -0.2) is 48.9 Å². The molecule has 0 aromatic heterocycles. The zero-order valence-corrected chi connectivity index (χ0v) is 13.0. The van der Waals surface area contributed by atoms with Crippen molar-refractivity contribution in [2.45, 2.75) is 30.3 Å².